The number of aromatic amines is 1. The number of fused-ring (bicyclic) bond motifs is 1. The molecule has 18 heavy (non-hydrogen) atoms. The largest absolute Gasteiger partial charge is 0.342 e. The Morgan fingerprint density at radius 2 is 2.22 bits per heavy atom. The summed E-state index contributed by atoms with van der Waals surface area (Å²) < 4.78 is 2.08. The average molecular weight is 238 g/mol. The molecule has 90 valence electrons. The number of imidazole rings is 2. The fourth-order valence-corrected chi connectivity index (χ4v) is 2.41. The Kier molecular flexibility index (Phi) is 1.89. The summed E-state index contributed by atoms with van der Waals surface area (Å²) in [5, 5.41) is 0. The average Bonchev–Trinajstić information content (AvgIpc) is 2.99. The van der Waals surface area contributed by atoms with Crippen LogP contribution >= 0.6 is 0 Å². The Hall–Kier alpha value is -2.10. The molecule has 1 N–H and O–H groups in total. The van der Waals surface area contributed by atoms with Crippen LogP contribution in [0.2, 0.25) is 0 Å². The molecule has 2 aromatic heterocycles. The highest BCUT2D eigenvalue weighted by atomic mass is 15.1. The molecular weight excluding hydrogens is 224 g/mol. The fourth-order valence-electron chi connectivity index (χ4n) is 2.41. The van der Waals surface area contributed by atoms with Gasteiger partial charge in [0.15, 0.2) is 0 Å². The normalized spacial score (nSPS) is 15.4. The van der Waals surface area contributed by atoms with Gasteiger partial charge in [0.25, 0.3) is 0 Å². The number of hydrogen-bond donors (Lipinski definition) is 1. The smallest absolute Gasteiger partial charge is 0.113 e. The summed E-state index contributed by atoms with van der Waals surface area (Å²) in [4.78, 5) is 12.5. The Morgan fingerprint density at radius 3 is 2.94 bits per heavy atom. The van der Waals surface area contributed by atoms with Crippen LogP contribution in [0.3, 0.4) is 0 Å². The third-order valence-electron chi connectivity index (χ3n) is 3.56. The van der Waals surface area contributed by atoms with Gasteiger partial charge in [-0.15, -0.1) is 0 Å². The summed E-state index contributed by atoms with van der Waals surface area (Å²) in [6.45, 7) is 2.01. The van der Waals surface area contributed by atoms with E-state index in [4.69, 9.17) is 4.98 Å². The van der Waals surface area contributed by atoms with Gasteiger partial charge in [-0.3, -0.25) is 0 Å². The van der Waals surface area contributed by atoms with Crippen LogP contribution in [0, 0.1) is 6.92 Å². The maximum absolute atomic E-state index is 4.77. The van der Waals surface area contributed by atoms with Gasteiger partial charge in [-0.05, 0) is 31.9 Å². The lowest BCUT2D eigenvalue weighted by molar-refractivity contribution is 0.968. The number of nitrogens with one attached hydrogen (secondary N) is 1. The zero-order valence-corrected chi connectivity index (χ0v) is 10.2. The van der Waals surface area contributed by atoms with Crippen LogP contribution in [-0.4, -0.2) is 19.5 Å². The molecule has 1 aromatic carbocycles. The minimum atomic E-state index is 0.647. The van der Waals surface area contributed by atoms with Crippen LogP contribution in [0.5, 0.6) is 0 Å². The zero-order chi connectivity index (χ0) is 12.1. The first-order valence-corrected chi connectivity index (χ1v) is 6.32. The molecule has 4 nitrogen and oxygen atoms in total. The third kappa shape index (κ3) is 1.38. The van der Waals surface area contributed by atoms with Crippen molar-refractivity contribution in [3.63, 3.8) is 0 Å². The third-order valence-corrected chi connectivity index (χ3v) is 3.56. The predicted molar refractivity (Wildman–Crippen MR) is 69.9 cm³/mol. The van der Waals surface area contributed by atoms with Gasteiger partial charge in [-0.25, -0.2) is 9.97 Å². The predicted octanol–water partition coefficient (Wildman–Crippen LogP) is 2.93. The van der Waals surface area contributed by atoms with Crippen LogP contribution < -0.4 is 0 Å². The highest BCUT2D eigenvalue weighted by Gasteiger charge is 2.27. The first-order valence-electron chi connectivity index (χ1n) is 6.32. The van der Waals surface area contributed by atoms with Crippen molar-refractivity contribution in [1.29, 1.82) is 0 Å². The van der Waals surface area contributed by atoms with E-state index in [0.717, 1.165) is 28.4 Å². The highest BCUT2D eigenvalue weighted by Crippen LogP contribution is 2.39. The molecule has 0 saturated heterocycles. The molecule has 0 atom stereocenters. The van der Waals surface area contributed by atoms with Gasteiger partial charge >= 0.3 is 0 Å². The fraction of sp³-hybridized carbons (Fsp3) is 0.286. The van der Waals surface area contributed by atoms with E-state index in [1.807, 2.05) is 19.3 Å². The molecule has 0 unspecified atom stereocenters. The standard InChI is InChI=1S/C14H14N4/c1-9-15-7-8-18(9)12-4-2-3-11-13(12)17-14(16-11)10-5-6-10/h2-4,7-8,10H,5-6H2,1H3,(H,16,17). The van der Waals surface area contributed by atoms with E-state index >= 15 is 0 Å². The maximum Gasteiger partial charge on any atom is 0.113 e. The summed E-state index contributed by atoms with van der Waals surface area (Å²) in [5.41, 5.74) is 3.26. The quantitative estimate of drug-likeness (QED) is 0.746. The van der Waals surface area contributed by atoms with Crippen molar-refractivity contribution in [3.05, 3.63) is 42.2 Å². The highest BCUT2D eigenvalue weighted by molar-refractivity contribution is 5.84. The molecule has 0 amide bonds. The Bertz CT molecular complexity index is 718. The molecular formula is C14H14N4. The van der Waals surface area contributed by atoms with Crippen LogP contribution in [0.4, 0.5) is 0 Å². The van der Waals surface area contributed by atoms with E-state index < -0.39 is 0 Å². The molecule has 0 radical (unpaired) electrons. The summed E-state index contributed by atoms with van der Waals surface area (Å²) in [6.07, 6.45) is 6.33. The maximum atomic E-state index is 4.77. The van der Waals surface area contributed by atoms with Crippen molar-refractivity contribution in [1.82, 2.24) is 19.5 Å². The topological polar surface area (TPSA) is 46.5 Å². The number of hydrogen-bond acceptors (Lipinski definition) is 2. The number of H-pyrrole nitrogens is 1. The van der Waals surface area contributed by atoms with Gasteiger partial charge in [-0.2, -0.15) is 0 Å². The summed E-state index contributed by atoms with van der Waals surface area (Å²) in [5.74, 6) is 2.77. The number of aromatic nitrogens is 4. The molecule has 3 aromatic rings. The first kappa shape index (κ1) is 9.88. The molecule has 0 spiro atoms. The van der Waals surface area contributed by atoms with Crippen molar-refractivity contribution in [3.8, 4) is 5.69 Å². The van der Waals surface area contributed by atoms with E-state index in [2.05, 4.69) is 32.7 Å². The van der Waals surface area contributed by atoms with Crippen molar-refractivity contribution in [2.24, 2.45) is 0 Å². The first-order chi connectivity index (χ1) is 8.83. The van der Waals surface area contributed by atoms with Gasteiger partial charge in [0.2, 0.25) is 0 Å². The van der Waals surface area contributed by atoms with E-state index in [9.17, 15) is 0 Å². The molecule has 4 heteroatoms. The molecule has 0 bridgehead atoms. The van der Waals surface area contributed by atoms with Crippen LogP contribution in [0.25, 0.3) is 16.7 Å². The summed E-state index contributed by atoms with van der Waals surface area (Å²) in [7, 11) is 0. The van der Waals surface area contributed by atoms with Gasteiger partial charge < -0.3 is 9.55 Å². The van der Waals surface area contributed by atoms with Crippen LogP contribution in [0.15, 0.2) is 30.6 Å². The van der Waals surface area contributed by atoms with Crippen LogP contribution in [0.1, 0.15) is 30.4 Å². The van der Waals surface area contributed by atoms with E-state index in [0.29, 0.717) is 5.92 Å². The molecule has 4 rings (SSSR count). The lowest BCUT2D eigenvalue weighted by Gasteiger charge is -2.05. The van der Waals surface area contributed by atoms with Gasteiger partial charge in [0, 0.05) is 18.3 Å². The van der Waals surface area contributed by atoms with Crippen molar-refractivity contribution in [2.45, 2.75) is 25.7 Å². The zero-order valence-electron chi connectivity index (χ0n) is 10.2. The van der Waals surface area contributed by atoms with Gasteiger partial charge in [-0.1, -0.05) is 6.07 Å². The van der Waals surface area contributed by atoms with Gasteiger partial charge in [0.1, 0.15) is 17.2 Å². The number of rotatable bonds is 2. The van der Waals surface area contributed by atoms with E-state index in [1.54, 1.807) is 0 Å². The molecule has 0 aliphatic heterocycles. The second-order valence-corrected chi connectivity index (χ2v) is 4.91. The number of aryl methyl sites for hydroxylation is 1. The van der Waals surface area contributed by atoms with Gasteiger partial charge in [0.05, 0.1) is 11.2 Å². The Balaban J connectivity index is 1.97. The molecule has 1 aliphatic rings. The molecule has 1 aliphatic carbocycles. The molecule has 2 heterocycles. The minimum absolute atomic E-state index is 0.647. The molecule has 1 fully saturated rings. The number of para-hydroxylation sites is 1. The second kappa shape index (κ2) is 3.45. The van der Waals surface area contributed by atoms with Crippen molar-refractivity contribution >= 4 is 11.0 Å². The summed E-state index contributed by atoms with van der Waals surface area (Å²) >= 11 is 0. The Labute approximate surface area is 105 Å². The SMILES string of the molecule is Cc1nccn1-c1cccc2[nH]c(C3CC3)nc12. The number of nitrogens with zero attached hydrogens (tertiary/aromatic N) is 3. The molecule has 1 saturated carbocycles. The second-order valence-electron chi connectivity index (χ2n) is 4.91. The Morgan fingerprint density at radius 1 is 1.33 bits per heavy atom. The van der Waals surface area contributed by atoms with Crippen LogP contribution in [-0.2, 0) is 0 Å². The monoisotopic (exact) mass is 238 g/mol. The van der Waals surface area contributed by atoms with E-state index in [1.165, 1.54) is 12.8 Å². The van der Waals surface area contributed by atoms with Crippen molar-refractivity contribution in [2.75, 3.05) is 0 Å². The van der Waals surface area contributed by atoms with E-state index in [-0.39, 0.29) is 0 Å². The lowest BCUT2D eigenvalue weighted by Crippen LogP contribution is -1.96. The lowest BCUT2D eigenvalue weighted by atomic mass is 10.2. The number of benzene rings is 1. The van der Waals surface area contributed by atoms with Crippen molar-refractivity contribution < 1.29 is 0 Å². The summed E-state index contributed by atoms with van der Waals surface area (Å²) in [6, 6.07) is 6.24. The minimum Gasteiger partial charge on any atom is -0.342 e.